The molecule has 25 heavy (non-hydrogen) atoms. The summed E-state index contributed by atoms with van der Waals surface area (Å²) < 4.78 is 10.8. The van der Waals surface area contributed by atoms with Crippen LogP contribution >= 0.6 is 22.9 Å². The first-order valence-corrected chi connectivity index (χ1v) is 8.48. The van der Waals surface area contributed by atoms with Crippen LogP contribution in [0.15, 0.2) is 42.5 Å². The highest BCUT2D eigenvalue weighted by molar-refractivity contribution is 7.21. The first-order chi connectivity index (χ1) is 12.0. The van der Waals surface area contributed by atoms with Crippen LogP contribution in [0.3, 0.4) is 0 Å². The van der Waals surface area contributed by atoms with Crippen molar-refractivity contribution in [1.82, 2.24) is 0 Å². The molecular weight excluding hydrogens is 362 g/mol. The zero-order valence-corrected chi connectivity index (χ0v) is 15.0. The van der Waals surface area contributed by atoms with Gasteiger partial charge in [-0.3, -0.25) is 4.79 Å². The first-order valence-electron chi connectivity index (χ1n) is 7.29. The van der Waals surface area contributed by atoms with Crippen molar-refractivity contribution in [3.05, 3.63) is 57.9 Å². The highest BCUT2D eigenvalue weighted by atomic mass is 35.5. The van der Waals surface area contributed by atoms with Crippen LogP contribution in [0, 0.1) is 0 Å². The van der Waals surface area contributed by atoms with Gasteiger partial charge in [-0.05, 0) is 36.4 Å². The molecule has 0 saturated carbocycles. The lowest BCUT2D eigenvalue weighted by Gasteiger charge is -2.06. The average molecular weight is 376 g/mol. The second-order valence-corrected chi connectivity index (χ2v) is 6.56. The zero-order valence-electron chi connectivity index (χ0n) is 13.5. The second kappa shape index (κ2) is 7.13. The third-order valence-electron chi connectivity index (χ3n) is 3.58. The number of hydrogen-bond acceptors (Lipinski definition) is 5. The number of fused-ring (bicyclic) bond motifs is 1. The van der Waals surface area contributed by atoms with E-state index in [-0.39, 0.29) is 5.91 Å². The number of carbonyl (C=O) groups is 2. The van der Waals surface area contributed by atoms with Crippen LogP contribution in [0.4, 0.5) is 5.69 Å². The highest BCUT2D eigenvalue weighted by Crippen LogP contribution is 2.37. The van der Waals surface area contributed by atoms with E-state index in [2.05, 4.69) is 10.1 Å². The predicted octanol–water partition coefficient (Wildman–Crippen LogP) is 4.60. The fraction of sp³-hybridized carbons (Fsp3) is 0.111. The Hall–Kier alpha value is -2.57. The molecule has 0 atom stereocenters. The number of nitrogens with one attached hydrogen (secondary N) is 1. The second-order valence-electron chi connectivity index (χ2n) is 5.13. The summed E-state index contributed by atoms with van der Waals surface area (Å²) in [6, 6.07) is 12.0. The van der Waals surface area contributed by atoms with Gasteiger partial charge >= 0.3 is 5.97 Å². The molecule has 3 aromatic rings. The molecule has 0 aliphatic rings. The van der Waals surface area contributed by atoms with Gasteiger partial charge in [0.05, 0.1) is 24.8 Å². The Kier molecular flexibility index (Phi) is 4.92. The van der Waals surface area contributed by atoms with Gasteiger partial charge in [0, 0.05) is 15.8 Å². The summed E-state index contributed by atoms with van der Waals surface area (Å²) in [6.45, 7) is 0. The first kappa shape index (κ1) is 17.3. The number of halogens is 1. The van der Waals surface area contributed by atoms with Crippen LogP contribution in [-0.2, 0) is 4.74 Å². The number of ether oxygens (including phenoxy) is 2. The Labute approximate surface area is 153 Å². The fourth-order valence-corrected chi connectivity index (χ4v) is 3.73. The largest absolute Gasteiger partial charge is 0.497 e. The summed E-state index contributed by atoms with van der Waals surface area (Å²) in [5.41, 5.74) is 0.839. The van der Waals surface area contributed by atoms with Crippen LogP contribution in [0.5, 0.6) is 5.75 Å². The third-order valence-corrected chi connectivity index (χ3v) is 5.26. The van der Waals surface area contributed by atoms with E-state index in [1.807, 2.05) is 12.1 Å². The van der Waals surface area contributed by atoms with Crippen LogP contribution in [0.25, 0.3) is 10.1 Å². The topological polar surface area (TPSA) is 64.6 Å². The minimum absolute atomic E-state index is 0.341. The van der Waals surface area contributed by atoms with Gasteiger partial charge in [-0.25, -0.2) is 4.79 Å². The lowest BCUT2D eigenvalue weighted by molar-refractivity contribution is 0.0600. The quantitative estimate of drug-likeness (QED) is 0.677. The van der Waals surface area contributed by atoms with Crippen molar-refractivity contribution in [2.24, 2.45) is 0 Å². The van der Waals surface area contributed by atoms with Crippen molar-refractivity contribution in [3.63, 3.8) is 0 Å². The molecule has 0 spiro atoms. The molecule has 0 aliphatic carbocycles. The lowest BCUT2D eigenvalue weighted by atomic mass is 10.2. The molecule has 2 aromatic carbocycles. The van der Waals surface area contributed by atoms with Gasteiger partial charge in [0.2, 0.25) is 0 Å². The summed E-state index contributed by atoms with van der Waals surface area (Å²) in [4.78, 5) is 24.6. The van der Waals surface area contributed by atoms with Gasteiger partial charge in [0.15, 0.2) is 0 Å². The van der Waals surface area contributed by atoms with E-state index in [0.29, 0.717) is 26.9 Å². The van der Waals surface area contributed by atoms with Crippen molar-refractivity contribution < 1.29 is 19.1 Å². The monoisotopic (exact) mass is 375 g/mol. The van der Waals surface area contributed by atoms with Gasteiger partial charge in [-0.1, -0.05) is 17.7 Å². The van der Waals surface area contributed by atoms with E-state index in [1.165, 1.54) is 18.4 Å². The van der Waals surface area contributed by atoms with Gasteiger partial charge in [0.1, 0.15) is 10.6 Å². The molecule has 1 amide bonds. The SMILES string of the molecule is COC(=O)c1cccc(NC(=O)c2sc3ccc(OC)cc3c2Cl)c1. The van der Waals surface area contributed by atoms with Crippen LogP contribution in [0.1, 0.15) is 20.0 Å². The van der Waals surface area contributed by atoms with Crippen molar-refractivity contribution >= 4 is 50.6 Å². The Morgan fingerprint density at radius 1 is 1.12 bits per heavy atom. The van der Waals surface area contributed by atoms with Crippen LogP contribution in [-0.4, -0.2) is 26.1 Å². The predicted molar refractivity (Wildman–Crippen MR) is 99.1 cm³/mol. The summed E-state index contributed by atoms with van der Waals surface area (Å²) in [5.74, 6) is -0.139. The number of esters is 1. The highest BCUT2D eigenvalue weighted by Gasteiger charge is 2.18. The van der Waals surface area contributed by atoms with Crippen molar-refractivity contribution in [2.45, 2.75) is 0 Å². The molecule has 0 radical (unpaired) electrons. The number of benzene rings is 2. The molecule has 7 heteroatoms. The number of thiophene rings is 1. The Morgan fingerprint density at radius 2 is 1.92 bits per heavy atom. The minimum Gasteiger partial charge on any atom is -0.497 e. The molecule has 128 valence electrons. The number of rotatable bonds is 4. The zero-order chi connectivity index (χ0) is 18.0. The van der Waals surface area contributed by atoms with Crippen molar-refractivity contribution in [1.29, 1.82) is 0 Å². The molecule has 3 rings (SSSR count). The Balaban J connectivity index is 1.90. The van der Waals surface area contributed by atoms with Gasteiger partial charge < -0.3 is 14.8 Å². The van der Waals surface area contributed by atoms with E-state index in [4.69, 9.17) is 16.3 Å². The number of amides is 1. The molecule has 0 aliphatic heterocycles. The van der Waals surface area contributed by atoms with E-state index in [0.717, 1.165) is 10.1 Å². The number of carbonyl (C=O) groups excluding carboxylic acids is 2. The summed E-state index contributed by atoms with van der Waals surface area (Å²) in [7, 11) is 2.88. The Morgan fingerprint density at radius 3 is 2.64 bits per heavy atom. The molecule has 0 bridgehead atoms. The van der Waals surface area contributed by atoms with Gasteiger partial charge in [-0.15, -0.1) is 11.3 Å². The lowest BCUT2D eigenvalue weighted by Crippen LogP contribution is -2.11. The van der Waals surface area contributed by atoms with Gasteiger partial charge in [-0.2, -0.15) is 0 Å². The molecule has 1 aromatic heterocycles. The number of hydrogen-bond donors (Lipinski definition) is 1. The minimum atomic E-state index is -0.469. The maximum Gasteiger partial charge on any atom is 0.337 e. The normalized spacial score (nSPS) is 10.5. The Bertz CT molecular complexity index is 967. The molecular formula is C18H14ClNO4S. The molecule has 1 N–H and O–H groups in total. The van der Waals surface area contributed by atoms with Crippen molar-refractivity contribution in [3.8, 4) is 5.75 Å². The van der Waals surface area contributed by atoms with Crippen molar-refractivity contribution in [2.75, 3.05) is 19.5 Å². The standard InChI is InChI=1S/C18H14ClNO4S/c1-23-12-6-7-14-13(9-12)15(19)16(25-14)17(21)20-11-5-3-4-10(8-11)18(22)24-2/h3-9H,1-2H3,(H,20,21). The van der Waals surface area contributed by atoms with Crippen LogP contribution < -0.4 is 10.1 Å². The molecule has 5 nitrogen and oxygen atoms in total. The van der Waals surface area contributed by atoms with Crippen LogP contribution in [0.2, 0.25) is 5.02 Å². The molecule has 0 fully saturated rings. The smallest absolute Gasteiger partial charge is 0.337 e. The molecule has 1 heterocycles. The maximum absolute atomic E-state index is 12.6. The van der Waals surface area contributed by atoms with E-state index in [1.54, 1.807) is 37.4 Å². The average Bonchev–Trinajstić information content (AvgIpc) is 2.97. The number of methoxy groups -OCH3 is 2. The van der Waals surface area contributed by atoms with E-state index in [9.17, 15) is 9.59 Å². The summed E-state index contributed by atoms with van der Waals surface area (Å²) >= 11 is 7.67. The summed E-state index contributed by atoms with van der Waals surface area (Å²) in [5, 5.41) is 3.89. The fourth-order valence-electron chi connectivity index (χ4n) is 2.35. The third kappa shape index (κ3) is 3.45. The molecule has 0 unspecified atom stereocenters. The maximum atomic E-state index is 12.6. The number of anilines is 1. The van der Waals surface area contributed by atoms with E-state index < -0.39 is 5.97 Å². The molecule has 0 saturated heterocycles. The van der Waals surface area contributed by atoms with E-state index >= 15 is 0 Å². The summed E-state index contributed by atoms with van der Waals surface area (Å²) in [6.07, 6.45) is 0. The van der Waals surface area contributed by atoms with Gasteiger partial charge in [0.25, 0.3) is 5.91 Å².